The molecule has 0 bridgehead atoms. The summed E-state index contributed by atoms with van der Waals surface area (Å²) in [6.45, 7) is 1.63. The number of hydrogen-bond acceptors (Lipinski definition) is 4. The van der Waals surface area contributed by atoms with Gasteiger partial charge in [0.25, 0.3) is 0 Å². The summed E-state index contributed by atoms with van der Waals surface area (Å²) in [6, 6.07) is 19.4. The number of carbonyl (C=O) groups is 2. The Morgan fingerprint density at radius 3 is 2.28 bits per heavy atom. The molecular weight excluding hydrogens is 426 g/mol. The fourth-order valence-electron chi connectivity index (χ4n) is 3.41. The van der Waals surface area contributed by atoms with E-state index in [1.54, 1.807) is 25.1 Å². The molecule has 8 heteroatoms. The van der Waals surface area contributed by atoms with E-state index in [9.17, 15) is 18.0 Å². The summed E-state index contributed by atoms with van der Waals surface area (Å²) in [6.07, 6.45) is 0.156. The van der Waals surface area contributed by atoms with Gasteiger partial charge < -0.3 is 10.6 Å². The van der Waals surface area contributed by atoms with Gasteiger partial charge in [-0.1, -0.05) is 60.7 Å². The Kier molecular flexibility index (Phi) is 7.27. The van der Waals surface area contributed by atoms with Crippen molar-refractivity contribution >= 4 is 32.6 Å². The van der Waals surface area contributed by atoms with Crippen LogP contribution >= 0.6 is 0 Å². The summed E-state index contributed by atoms with van der Waals surface area (Å²) in [7, 11) is -0.722. The van der Waals surface area contributed by atoms with Gasteiger partial charge in [0.05, 0.1) is 11.3 Å². The Balaban J connectivity index is 1.62. The number of benzene rings is 3. The molecule has 32 heavy (non-hydrogen) atoms. The minimum atomic E-state index is -3.63. The molecule has 0 heterocycles. The first kappa shape index (κ1) is 23.4. The summed E-state index contributed by atoms with van der Waals surface area (Å²) >= 11 is 0. The lowest BCUT2D eigenvalue weighted by Gasteiger charge is -2.17. The van der Waals surface area contributed by atoms with Crippen molar-refractivity contribution in [3.8, 4) is 0 Å². The lowest BCUT2D eigenvalue weighted by molar-refractivity contribution is -0.128. The van der Waals surface area contributed by atoms with E-state index in [-0.39, 0.29) is 23.8 Å². The first-order valence-electron chi connectivity index (χ1n) is 10.2. The lowest BCUT2D eigenvalue weighted by atomic mass is 10.0. The second-order valence-electron chi connectivity index (χ2n) is 7.72. The van der Waals surface area contributed by atoms with E-state index in [0.717, 1.165) is 20.6 Å². The molecule has 2 N–H and O–H groups in total. The fraction of sp³-hybridized carbons (Fsp3) is 0.250. The zero-order chi connectivity index (χ0) is 23.3. The molecule has 1 unspecified atom stereocenters. The number of carbonyl (C=O) groups excluding carboxylic acids is 2. The summed E-state index contributed by atoms with van der Waals surface area (Å²) in [5.74, 6) is -0.659. The predicted molar refractivity (Wildman–Crippen MR) is 124 cm³/mol. The first-order chi connectivity index (χ1) is 15.2. The summed E-state index contributed by atoms with van der Waals surface area (Å²) in [4.78, 5) is 25.2. The van der Waals surface area contributed by atoms with Gasteiger partial charge in [-0.05, 0) is 34.9 Å². The van der Waals surface area contributed by atoms with Crippen molar-refractivity contribution in [1.29, 1.82) is 0 Å². The van der Waals surface area contributed by atoms with Crippen LogP contribution in [0.3, 0.4) is 0 Å². The van der Waals surface area contributed by atoms with Gasteiger partial charge in [-0.25, -0.2) is 12.7 Å². The zero-order valence-electron chi connectivity index (χ0n) is 18.3. The number of sulfonamides is 1. The van der Waals surface area contributed by atoms with Crippen molar-refractivity contribution in [3.05, 3.63) is 77.9 Å². The van der Waals surface area contributed by atoms with Gasteiger partial charge in [-0.15, -0.1) is 0 Å². The topological polar surface area (TPSA) is 95.6 Å². The molecule has 0 fully saturated rings. The van der Waals surface area contributed by atoms with Gasteiger partial charge in [0, 0.05) is 20.6 Å². The second kappa shape index (κ2) is 9.93. The average Bonchev–Trinajstić information content (AvgIpc) is 2.77. The van der Waals surface area contributed by atoms with E-state index < -0.39 is 22.0 Å². The van der Waals surface area contributed by atoms with Crippen molar-refractivity contribution in [1.82, 2.24) is 14.9 Å². The highest BCUT2D eigenvalue weighted by molar-refractivity contribution is 7.89. The van der Waals surface area contributed by atoms with Crippen LogP contribution in [0.15, 0.2) is 71.6 Å². The third-order valence-electron chi connectivity index (χ3n) is 5.19. The van der Waals surface area contributed by atoms with Crippen LogP contribution in [-0.4, -0.2) is 44.7 Å². The molecule has 0 saturated heterocycles. The summed E-state index contributed by atoms with van der Waals surface area (Å²) in [5.41, 5.74) is 1.36. The smallest absolute Gasteiger partial charge is 0.242 e. The van der Waals surface area contributed by atoms with Gasteiger partial charge in [-0.2, -0.15) is 0 Å². The van der Waals surface area contributed by atoms with Gasteiger partial charge >= 0.3 is 0 Å². The van der Waals surface area contributed by atoms with Crippen molar-refractivity contribution in [3.63, 3.8) is 0 Å². The van der Waals surface area contributed by atoms with Gasteiger partial charge in [0.2, 0.25) is 21.8 Å². The molecule has 0 radical (unpaired) electrons. The van der Waals surface area contributed by atoms with E-state index in [4.69, 9.17) is 0 Å². The van der Waals surface area contributed by atoms with Crippen LogP contribution in [-0.2, 0) is 32.6 Å². The largest absolute Gasteiger partial charge is 0.350 e. The molecule has 0 aliphatic heterocycles. The molecule has 0 aliphatic rings. The highest BCUT2D eigenvalue weighted by Crippen LogP contribution is 2.19. The van der Waals surface area contributed by atoms with Crippen LogP contribution in [0.4, 0.5) is 0 Å². The Labute approximate surface area is 188 Å². The molecule has 0 aliphatic carbocycles. The van der Waals surface area contributed by atoms with Crippen molar-refractivity contribution in [2.45, 2.75) is 30.8 Å². The van der Waals surface area contributed by atoms with Crippen molar-refractivity contribution in [2.75, 3.05) is 14.1 Å². The molecule has 3 rings (SSSR count). The van der Waals surface area contributed by atoms with Crippen LogP contribution in [0.2, 0.25) is 0 Å². The third-order valence-corrected chi connectivity index (χ3v) is 7.10. The average molecular weight is 454 g/mol. The Morgan fingerprint density at radius 2 is 1.53 bits per heavy atom. The molecule has 168 valence electrons. The molecule has 0 saturated carbocycles. The third kappa shape index (κ3) is 5.33. The molecule has 0 aromatic heterocycles. The first-order valence-corrected chi connectivity index (χ1v) is 11.7. The standard InChI is InChI=1S/C24H27N3O4S/c1-17(26-23(28)15-19-12-8-11-18-9-4-6-13-21(18)19)24(29)25-16-20-10-5-7-14-22(20)32(30,31)27(2)3/h4-14,17H,15-16H2,1-3H3,(H,25,29)(H,26,28). The van der Waals surface area contributed by atoms with Crippen LogP contribution in [0.1, 0.15) is 18.1 Å². The molecular formula is C24H27N3O4S. The van der Waals surface area contributed by atoms with E-state index in [1.165, 1.54) is 20.2 Å². The number of nitrogens with one attached hydrogen (secondary N) is 2. The molecule has 7 nitrogen and oxygen atoms in total. The van der Waals surface area contributed by atoms with Crippen molar-refractivity contribution < 1.29 is 18.0 Å². The van der Waals surface area contributed by atoms with Crippen molar-refractivity contribution in [2.24, 2.45) is 0 Å². The maximum atomic E-state index is 12.5. The number of fused-ring (bicyclic) bond motifs is 1. The van der Waals surface area contributed by atoms with Crippen LogP contribution in [0.5, 0.6) is 0 Å². The molecule has 3 aromatic rings. The number of hydrogen-bond donors (Lipinski definition) is 2. The van der Waals surface area contributed by atoms with Crippen LogP contribution in [0, 0.1) is 0 Å². The molecule has 3 aromatic carbocycles. The number of amides is 2. The quantitative estimate of drug-likeness (QED) is 0.548. The molecule has 2 amide bonds. The minimum Gasteiger partial charge on any atom is -0.350 e. The highest BCUT2D eigenvalue weighted by atomic mass is 32.2. The number of nitrogens with zero attached hydrogens (tertiary/aromatic N) is 1. The normalized spacial score (nSPS) is 12.5. The van der Waals surface area contributed by atoms with Gasteiger partial charge in [0.1, 0.15) is 6.04 Å². The second-order valence-corrected chi connectivity index (χ2v) is 9.84. The zero-order valence-corrected chi connectivity index (χ0v) is 19.1. The highest BCUT2D eigenvalue weighted by Gasteiger charge is 2.22. The van der Waals surface area contributed by atoms with E-state index in [2.05, 4.69) is 10.6 Å². The van der Waals surface area contributed by atoms with E-state index >= 15 is 0 Å². The Morgan fingerprint density at radius 1 is 0.906 bits per heavy atom. The molecule has 1 atom stereocenters. The van der Waals surface area contributed by atoms with Gasteiger partial charge in [-0.3, -0.25) is 9.59 Å². The monoisotopic (exact) mass is 453 g/mol. The lowest BCUT2D eigenvalue weighted by Crippen LogP contribution is -2.45. The summed E-state index contributed by atoms with van der Waals surface area (Å²) in [5, 5.41) is 7.48. The molecule has 0 spiro atoms. The minimum absolute atomic E-state index is 0.0333. The Hall–Kier alpha value is -3.23. The van der Waals surface area contributed by atoms with Crippen LogP contribution < -0.4 is 10.6 Å². The number of rotatable bonds is 8. The summed E-state index contributed by atoms with van der Waals surface area (Å²) < 4.78 is 26.1. The maximum Gasteiger partial charge on any atom is 0.242 e. The predicted octanol–water partition coefficient (Wildman–Crippen LogP) is 2.45. The van der Waals surface area contributed by atoms with E-state index in [1.807, 2.05) is 42.5 Å². The Bertz CT molecular complexity index is 1230. The van der Waals surface area contributed by atoms with Crippen LogP contribution in [0.25, 0.3) is 10.8 Å². The fourth-order valence-corrected chi connectivity index (χ4v) is 4.53. The van der Waals surface area contributed by atoms with E-state index in [0.29, 0.717) is 5.56 Å². The maximum absolute atomic E-state index is 12.5. The SMILES string of the molecule is CC(NC(=O)Cc1cccc2ccccc12)C(=O)NCc1ccccc1S(=O)(=O)N(C)C. The van der Waals surface area contributed by atoms with Gasteiger partial charge in [0.15, 0.2) is 0 Å².